The molecule has 0 bridgehead atoms. The smallest absolute Gasteiger partial charge is 0.262 e. The molecule has 3 aromatic heterocycles. The Hall–Kier alpha value is -2.99. The molecule has 0 aliphatic heterocycles. The fourth-order valence-electron chi connectivity index (χ4n) is 3.78. The van der Waals surface area contributed by atoms with Crippen LogP contribution >= 0.6 is 11.3 Å². The van der Waals surface area contributed by atoms with E-state index < -0.39 is 0 Å². The third-order valence-electron chi connectivity index (χ3n) is 5.27. The summed E-state index contributed by atoms with van der Waals surface area (Å²) in [4.78, 5) is 24.3. The molecule has 0 amide bonds. The minimum atomic E-state index is 0.0467. The minimum absolute atomic E-state index is 0.0467. The lowest BCUT2D eigenvalue weighted by Gasteiger charge is -2.07. The van der Waals surface area contributed by atoms with Crippen molar-refractivity contribution < 1.29 is 4.74 Å². The first-order valence-corrected chi connectivity index (χ1v) is 10.1. The lowest BCUT2D eigenvalue weighted by atomic mass is 10.1. The maximum Gasteiger partial charge on any atom is 0.262 e. The number of hydrogen-bond acceptors (Lipinski definition) is 5. The summed E-state index contributed by atoms with van der Waals surface area (Å²) in [5.74, 6) is 0.829. The van der Waals surface area contributed by atoms with Crippen LogP contribution in [0, 0.1) is 0 Å². The number of pyridine rings is 1. The van der Waals surface area contributed by atoms with Crippen LogP contribution in [0.25, 0.3) is 21.3 Å². The van der Waals surface area contributed by atoms with Gasteiger partial charge in [-0.25, -0.2) is 4.98 Å². The van der Waals surface area contributed by atoms with Crippen LogP contribution in [0.1, 0.15) is 22.6 Å². The van der Waals surface area contributed by atoms with Crippen molar-refractivity contribution in [2.45, 2.75) is 25.8 Å². The van der Waals surface area contributed by atoms with Gasteiger partial charge >= 0.3 is 0 Å². The second-order valence-electron chi connectivity index (χ2n) is 6.98. The van der Waals surface area contributed by atoms with Gasteiger partial charge in [0.25, 0.3) is 5.56 Å². The van der Waals surface area contributed by atoms with Crippen LogP contribution in [0.5, 0.6) is 5.75 Å². The summed E-state index contributed by atoms with van der Waals surface area (Å²) in [5, 5.41) is 0.815. The summed E-state index contributed by atoms with van der Waals surface area (Å²) in [6, 6.07) is 11.9. The third-order valence-corrected chi connectivity index (χ3v) is 6.47. The fraction of sp³-hybridized carbons (Fsp3) is 0.227. The molecule has 3 heterocycles. The molecule has 0 atom stereocenters. The van der Waals surface area contributed by atoms with Crippen LogP contribution in [-0.4, -0.2) is 21.6 Å². The highest BCUT2D eigenvalue weighted by Gasteiger charge is 2.21. The van der Waals surface area contributed by atoms with Crippen molar-refractivity contribution >= 4 is 21.6 Å². The number of thiophene rings is 1. The lowest BCUT2D eigenvalue weighted by Crippen LogP contribution is -2.21. The standard InChI is InChI=1S/C22H19N3O2S/c1-27-17-9-6-14(7-10-17)15-5-8-16(23-11-15)12-25-13-24-21-20(22(25)26)18-3-2-4-19(18)28-21/h5-11,13H,2-4,12H2,1H3. The summed E-state index contributed by atoms with van der Waals surface area (Å²) in [6.45, 7) is 0.426. The Labute approximate surface area is 166 Å². The molecule has 0 spiro atoms. The number of ether oxygens (including phenoxy) is 1. The SMILES string of the molecule is COc1ccc(-c2ccc(Cn3cnc4sc5c(c4c3=O)CCC5)nc2)cc1. The van der Waals surface area contributed by atoms with E-state index in [9.17, 15) is 4.79 Å². The number of benzene rings is 1. The summed E-state index contributed by atoms with van der Waals surface area (Å²) < 4.78 is 6.87. The second-order valence-corrected chi connectivity index (χ2v) is 8.07. The van der Waals surface area contributed by atoms with Gasteiger partial charge < -0.3 is 4.74 Å². The molecule has 1 aromatic carbocycles. The zero-order chi connectivity index (χ0) is 19.1. The summed E-state index contributed by atoms with van der Waals surface area (Å²) >= 11 is 1.67. The number of methoxy groups -OCH3 is 1. The molecule has 0 N–H and O–H groups in total. The van der Waals surface area contributed by atoms with Gasteiger partial charge in [-0.2, -0.15) is 0 Å². The molecule has 1 aliphatic rings. The van der Waals surface area contributed by atoms with Gasteiger partial charge in [-0.1, -0.05) is 18.2 Å². The minimum Gasteiger partial charge on any atom is -0.497 e. The number of aromatic nitrogens is 3. The first-order chi connectivity index (χ1) is 13.7. The number of hydrogen-bond donors (Lipinski definition) is 0. The normalized spacial score (nSPS) is 13.0. The number of nitrogens with zero attached hydrogens (tertiary/aromatic N) is 3. The highest BCUT2D eigenvalue weighted by atomic mass is 32.1. The molecule has 140 valence electrons. The molecule has 5 nitrogen and oxygen atoms in total. The van der Waals surface area contributed by atoms with Gasteiger partial charge in [-0.3, -0.25) is 14.3 Å². The van der Waals surface area contributed by atoms with E-state index in [0.717, 1.165) is 52.0 Å². The van der Waals surface area contributed by atoms with E-state index in [-0.39, 0.29) is 5.56 Å². The van der Waals surface area contributed by atoms with Gasteiger partial charge in [-0.05, 0) is 48.6 Å². The molecule has 0 saturated heterocycles. The fourth-order valence-corrected chi connectivity index (χ4v) is 5.00. The predicted octanol–water partition coefficient (Wildman–Crippen LogP) is 4.07. The topological polar surface area (TPSA) is 57.0 Å². The number of fused-ring (bicyclic) bond motifs is 3. The third kappa shape index (κ3) is 2.90. The first-order valence-electron chi connectivity index (χ1n) is 9.32. The molecule has 6 heteroatoms. The Bertz CT molecular complexity index is 1210. The Kier molecular flexibility index (Phi) is 4.20. The van der Waals surface area contributed by atoms with E-state index in [2.05, 4.69) is 9.97 Å². The summed E-state index contributed by atoms with van der Waals surface area (Å²) in [6.07, 6.45) is 6.70. The van der Waals surface area contributed by atoms with Crippen molar-refractivity contribution in [2.75, 3.05) is 7.11 Å². The van der Waals surface area contributed by atoms with Crippen LogP contribution < -0.4 is 10.3 Å². The summed E-state index contributed by atoms with van der Waals surface area (Å²) in [7, 11) is 1.66. The molecule has 0 saturated carbocycles. The largest absolute Gasteiger partial charge is 0.497 e. The van der Waals surface area contributed by atoms with Crippen molar-refractivity contribution in [3.63, 3.8) is 0 Å². The van der Waals surface area contributed by atoms with Crippen molar-refractivity contribution in [1.29, 1.82) is 0 Å². The Balaban J connectivity index is 1.43. The molecule has 5 rings (SSSR count). The van der Waals surface area contributed by atoms with Gasteiger partial charge in [-0.15, -0.1) is 11.3 Å². The first kappa shape index (κ1) is 17.1. The summed E-state index contributed by atoms with van der Waals surface area (Å²) in [5.41, 5.74) is 4.21. The molecule has 28 heavy (non-hydrogen) atoms. The highest BCUT2D eigenvalue weighted by Crippen LogP contribution is 2.34. The van der Waals surface area contributed by atoms with E-state index in [4.69, 9.17) is 4.74 Å². The van der Waals surface area contributed by atoms with Gasteiger partial charge in [0.1, 0.15) is 10.6 Å². The van der Waals surface area contributed by atoms with E-state index in [1.807, 2.05) is 42.6 Å². The van der Waals surface area contributed by atoms with Crippen LogP contribution in [0.15, 0.2) is 53.7 Å². The van der Waals surface area contributed by atoms with Crippen molar-refractivity contribution in [3.8, 4) is 16.9 Å². The maximum atomic E-state index is 13.0. The van der Waals surface area contributed by atoms with Gasteiger partial charge in [0.15, 0.2) is 0 Å². The molecule has 0 radical (unpaired) electrons. The molecular weight excluding hydrogens is 370 g/mol. The zero-order valence-electron chi connectivity index (χ0n) is 15.5. The zero-order valence-corrected chi connectivity index (χ0v) is 16.3. The Morgan fingerprint density at radius 2 is 1.89 bits per heavy atom. The molecule has 1 aliphatic carbocycles. The number of rotatable bonds is 4. The van der Waals surface area contributed by atoms with E-state index >= 15 is 0 Å². The quantitative estimate of drug-likeness (QED) is 0.528. The van der Waals surface area contributed by atoms with Gasteiger partial charge in [0, 0.05) is 16.6 Å². The maximum absolute atomic E-state index is 13.0. The van der Waals surface area contributed by atoms with Crippen molar-refractivity contribution in [1.82, 2.24) is 14.5 Å². The Morgan fingerprint density at radius 1 is 1.07 bits per heavy atom. The van der Waals surface area contributed by atoms with E-state index in [1.165, 1.54) is 10.4 Å². The highest BCUT2D eigenvalue weighted by molar-refractivity contribution is 7.18. The van der Waals surface area contributed by atoms with Crippen LogP contribution in [0.2, 0.25) is 0 Å². The van der Waals surface area contributed by atoms with Gasteiger partial charge in [0.2, 0.25) is 0 Å². The number of aryl methyl sites for hydroxylation is 2. The average molecular weight is 389 g/mol. The monoisotopic (exact) mass is 389 g/mol. The lowest BCUT2D eigenvalue weighted by molar-refractivity contribution is 0.415. The van der Waals surface area contributed by atoms with Crippen LogP contribution in [-0.2, 0) is 19.4 Å². The van der Waals surface area contributed by atoms with Crippen LogP contribution in [0.3, 0.4) is 0 Å². The van der Waals surface area contributed by atoms with E-state index in [0.29, 0.717) is 6.54 Å². The molecule has 0 fully saturated rings. The van der Waals surface area contributed by atoms with Crippen molar-refractivity contribution in [3.05, 3.63) is 75.4 Å². The second kappa shape index (κ2) is 6.87. The predicted molar refractivity (Wildman–Crippen MR) is 111 cm³/mol. The molecule has 4 aromatic rings. The average Bonchev–Trinajstić information content (AvgIpc) is 3.32. The van der Waals surface area contributed by atoms with E-state index in [1.54, 1.807) is 29.3 Å². The van der Waals surface area contributed by atoms with Crippen LogP contribution in [0.4, 0.5) is 0 Å². The van der Waals surface area contributed by atoms with Gasteiger partial charge in [0.05, 0.1) is 31.1 Å². The molecular formula is C22H19N3O2S. The molecule has 0 unspecified atom stereocenters. The Morgan fingerprint density at radius 3 is 2.64 bits per heavy atom. The van der Waals surface area contributed by atoms with Crippen molar-refractivity contribution in [2.24, 2.45) is 0 Å².